The molecule has 0 saturated heterocycles. The number of hydrogen-bond donors (Lipinski definition) is 1. The number of hydrogen-bond acceptors (Lipinski definition) is 3. The van der Waals surface area contributed by atoms with Crippen LogP contribution in [0.2, 0.25) is 0 Å². The Labute approximate surface area is 100 Å². The molecule has 0 radical (unpaired) electrons. The molecule has 2 N–H and O–H groups in total. The molecular weight excluding hydrogens is 214 g/mol. The molecule has 0 aliphatic carbocycles. The van der Waals surface area contributed by atoms with Crippen LogP contribution < -0.4 is 5.73 Å². The van der Waals surface area contributed by atoms with Crippen molar-refractivity contribution in [2.24, 2.45) is 12.8 Å². The van der Waals surface area contributed by atoms with Gasteiger partial charge in [-0.15, -0.1) is 0 Å². The molecule has 1 aromatic heterocycles. The van der Waals surface area contributed by atoms with Crippen molar-refractivity contribution in [3.8, 4) is 0 Å². The molecule has 0 spiro atoms. The Bertz CT molecular complexity index is 514. The van der Waals surface area contributed by atoms with Gasteiger partial charge in [0.25, 0.3) is 0 Å². The van der Waals surface area contributed by atoms with Crippen molar-refractivity contribution >= 4 is 5.78 Å². The fourth-order valence-electron chi connectivity index (χ4n) is 1.68. The van der Waals surface area contributed by atoms with Crippen molar-refractivity contribution in [3.05, 3.63) is 53.3 Å². The van der Waals surface area contributed by atoms with Gasteiger partial charge < -0.3 is 5.73 Å². The Morgan fingerprint density at radius 1 is 1.29 bits per heavy atom. The van der Waals surface area contributed by atoms with Gasteiger partial charge in [0.15, 0.2) is 5.78 Å². The Morgan fingerprint density at radius 3 is 2.53 bits per heavy atom. The maximum absolute atomic E-state index is 12.0. The van der Waals surface area contributed by atoms with Crippen molar-refractivity contribution < 1.29 is 4.79 Å². The first kappa shape index (κ1) is 11.5. The van der Waals surface area contributed by atoms with Crippen LogP contribution in [0.25, 0.3) is 0 Å². The molecule has 4 heteroatoms. The summed E-state index contributed by atoms with van der Waals surface area (Å²) in [7, 11) is 1.84. The van der Waals surface area contributed by atoms with E-state index in [2.05, 4.69) is 5.10 Å². The van der Waals surface area contributed by atoms with E-state index < -0.39 is 0 Å². The van der Waals surface area contributed by atoms with Crippen LogP contribution in [-0.2, 0) is 20.0 Å². The number of rotatable bonds is 4. The third kappa shape index (κ3) is 2.79. The second kappa shape index (κ2) is 4.93. The monoisotopic (exact) mass is 229 g/mol. The first-order chi connectivity index (χ1) is 8.19. The fourth-order valence-corrected chi connectivity index (χ4v) is 1.68. The molecular formula is C13H15N3O. The lowest BCUT2D eigenvalue weighted by Gasteiger charge is -2.01. The largest absolute Gasteiger partial charge is 0.326 e. The minimum Gasteiger partial charge on any atom is -0.326 e. The number of aromatic nitrogens is 2. The third-order valence-electron chi connectivity index (χ3n) is 2.63. The van der Waals surface area contributed by atoms with Gasteiger partial charge in [0.05, 0.1) is 6.20 Å². The van der Waals surface area contributed by atoms with Gasteiger partial charge in [-0.25, -0.2) is 0 Å². The minimum atomic E-state index is 0.0987. The van der Waals surface area contributed by atoms with E-state index in [-0.39, 0.29) is 5.78 Å². The molecule has 17 heavy (non-hydrogen) atoms. The van der Waals surface area contributed by atoms with Crippen LogP contribution in [-0.4, -0.2) is 15.6 Å². The van der Waals surface area contributed by atoms with Gasteiger partial charge in [0, 0.05) is 31.8 Å². The lowest BCUT2D eigenvalue weighted by molar-refractivity contribution is 0.0993. The first-order valence-corrected chi connectivity index (χ1v) is 5.49. The van der Waals surface area contributed by atoms with Gasteiger partial charge >= 0.3 is 0 Å². The summed E-state index contributed by atoms with van der Waals surface area (Å²) in [6, 6.07) is 7.41. The predicted octanol–water partition coefficient (Wildman–Crippen LogP) is 1.30. The van der Waals surface area contributed by atoms with E-state index in [9.17, 15) is 4.79 Å². The van der Waals surface area contributed by atoms with Gasteiger partial charge in [0.1, 0.15) is 0 Å². The van der Waals surface area contributed by atoms with Crippen LogP contribution >= 0.6 is 0 Å². The number of nitrogens with zero attached hydrogens (tertiary/aromatic N) is 2. The molecule has 0 unspecified atom stereocenters. The molecule has 0 saturated carbocycles. The maximum atomic E-state index is 12.0. The van der Waals surface area contributed by atoms with Gasteiger partial charge in [-0.2, -0.15) is 5.10 Å². The van der Waals surface area contributed by atoms with Gasteiger partial charge in [0.2, 0.25) is 0 Å². The van der Waals surface area contributed by atoms with Crippen molar-refractivity contribution in [3.63, 3.8) is 0 Å². The van der Waals surface area contributed by atoms with E-state index in [0.29, 0.717) is 18.5 Å². The molecule has 1 heterocycles. The molecule has 0 atom stereocenters. The lowest BCUT2D eigenvalue weighted by Crippen LogP contribution is -2.04. The number of nitrogens with two attached hydrogens (primary N) is 1. The summed E-state index contributed by atoms with van der Waals surface area (Å²) < 4.78 is 1.69. The molecule has 0 fully saturated rings. The molecule has 0 aliphatic heterocycles. The number of aryl methyl sites for hydroxylation is 1. The average Bonchev–Trinajstić information content (AvgIpc) is 2.75. The average molecular weight is 229 g/mol. The van der Waals surface area contributed by atoms with Crippen LogP contribution in [0.1, 0.15) is 21.5 Å². The van der Waals surface area contributed by atoms with Crippen LogP contribution in [0, 0.1) is 0 Å². The molecule has 4 nitrogen and oxygen atoms in total. The molecule has 88 valence electrons. The molecule has 0 amide bonds. The summed E-state index contributed by atoms with van der Waals surface area (Å²) in [5.74, 6) is 0.0987. The number of Topliss-reactive ketones (excluding diaryl/α,β-unsaturated/α-hetero) is 1. The first-order valence-electron chi connectivity index (χ1n) is 5.49. The summed E-state index contributed by atoms with van der Waals surface area (Å²) in [6.45, 7) is 0.497. The SMILES string of the molecule is Cn1cc(CC(=O)c2ccc(CN)cc2)cn1. The lowest BCUT2D eigenvalue weighted by atomic mass is 10.0. The molecule has 0 aliphatic rings. The fraction of sp³-hybridized carbons (Fsp3) is 0.231. The highest BCUT2D eigenvalue weighted by atomic mass is 16.1. The Balaban J connectivity index is 2.09. The second-order valence-corrected chi connectivity index (χ2v) is 4.02. The van der Waals surface area contributed by atoms with Gasteiger partial charge in [-0.3, -0.25) is 9.48 Å². The van der Waals surface area contributed by atoms with Gasteiger partial charge in [-0.05, 0) is 11.1 Å². The van der Waals surface area contributed by atoms with E-state index in [1.54, 1.807) is 10.9 Å². The highest BCUT2D eigenvalue weighted by molar-refractivity contribution is 5.97. The maximum Gasteiger partial charge on any atom is 0.167 e. The number of carbonyl (C=O) groups excluding carboxylic acids is 1. The zero-order valence-corrected chi connectivity index (χ0v) is 9.76. The summed E-state index contributed by atoms with van der Waals surface area (Å²) in [6.07, 6.45) is 3.95. The number of ketones is 1. The predicted molar refractivity (Wildman–Crippen MR) is 65.6 cm³/mol. The smallest absolute Gasteiger partial charge is 0.167 e. The molecule has 2 rings (SSSR count). The van der Waals surface area contributed by atoms with Crippen LogP contribution in [0.3, 0.4) is 0 Å². The van der Waals surface area contributed by atoms with Gasteiger partial charge in [-0.1, -0.05) is 24.3 Å². The third-order valence-corrected chi connectivity index (χ3v) is 2.63. The normalized spacial score (nSPS) is 10.5. The second-order valence-electron chi connectivity index (χ2n) is 4.02. The summed E-state index contributed by atoms with van der Waals surface area (Å²) in [5, 5.41) is 4.04. The van der Waals surface area contributed by atoms with E-state index in [0.717, 1.165) is 11.1 Å². The van der Waals surface area contributed by atoms with Crippen LogP contribution in [0.4, 0.5) is 0 Å². The molecule has 1 aromatic carbocycles. The quantitative estimate of drug-likeness (QED) is 0.804. The Kier molecular flexibility index (Phi) is 3.35. The summed E-state index contributed by atoms with van der Waals surface area (Å²) >= 11 is 0. The zero-order chi connectivity index (χ0) is 12.3. The summed E-state index contributed by atoms with van der Waals surface area (Å²) in [4.78, 5) is 12.0. The number of carbonyl (C=O) groups is 1. The van der Waals surface area contributed by atoms with Crippen molar-refractivity contribution in [1.82, 2.24) is 9.78 Å². The molecule has 2 aromatic rings. The van der Waals surface area contributed by atoms with E-state index >= 15 is 0 Å². The van der Waals surface area contributed by atoms with Crippen LogP contribution in [0.15, 0.2) is 36.7 Å². The van der Waals surface area contributed by atoms with Crippen molar-refractivity contribution in [1.29, 1.82) is 0 Å². The van der Waals surface area contributed by atoms with Crippen LogP contribution in [0.5, 0.6) is 0 Å². The van der Waals surface area contributed by atoms with Crippen molar-refractivity contribution in [2.45, 2.75) is 13.0 Å². The minimum absolute atomic E-state index is 0.0987. The highest BCUT2D eigenvalue weighted by Crippen LogP contribution is 2.08. The van der Waals surface area contributed by atoms with E-state index in [1.807, 2.05) is 37.5 Å². The highest BCUT2D eigenvalue weighted by Gasteiger charge is 2.08. The topological polar surface area (TPSA) is 60.9 Å². The summed E-state index contributed by atoms with van der Waals surface area (Å²) in [5.41, 5.74) is 8.18. The Hall–Kier alpha value is -1.94. The standard InChI is InChI=1S/C13H15N3O/c1-16-9-11(8-15-16)6-13(17)12-4-2-10(7-14)3-5-12/h2-5,8-9H,6-7,14H2,1H3. The van der Waals surface area contributed by atoms with E-state index in [4.69, 9.17) is 5.73 Å². The van der Waals surface area contributed by atoms with E-state index in [1.165, 1.54) is 0 Å². The van der Waals surface area contributed by atoms with Crippen molar-refractivity contribution in [2.75, 3.05) is 0 Å². The molecule has 0 bridgehead atoms. The zero-order valence-electron chi connectivity index (χ0n) is 9.76. The Morgan fingerprint density at radius 2 is 2.00 bits per heavy atom. The number of benzene rings is 1.